The van der Waals surface area contributed by atoms with Gasteiger partial charge in [-0.3, -0.25) is 9.20 Å². The summed E-state index contributed by atoms with van der Waals surface area (Å²) in [5.41, 5.74) is 1.67. The second-order valence-corrected chi connectivity index (χ2v) is 6.43. The van der Waals surface area contributed by atoms with Crippen LogP contribution in [0.15, 0.2) is 29.2 Å². The van der Waals surface area contributed by atoms with Crippen molar-refractivity contribution in [1.82, 2.24) is 14.6 Å². The van der Waals surface area contributed by atoms with E-state index in [4.69, 9.17) is 0 Å². The number of carbonyl (C=O) groups excluding carboxylic acids is 1. The number of rotatable bonds is 3. The first-order chi connectivity index (χ1) is 10.1. The van der Waals surface area contributed by atoms with Crippen molar-refractivity contribution >= 4 is 39.7 Å². The molecule has 3 aromatic rings. The lowest BCUT2D eigenvalue weighted by molar-refractivity contribution is 0.102. The summed E-state index contributed by atoms with van der Waals surface area (Å²) in [4.78, 5) is 15.0. The van der Waals surface area contributed by atoms with Gasteiger partial charge in [0.15, 0.2) is 0 Å². The van der Waals surface area contributed by atoms with Gasteiger partial charge in [0.1, 0.15) is 10.7 Å². The number of benzene rings is 1. The molecule has 108 valence electrons. The number of anilines is 1. The molecule has 0 atom stereocenters. The Kier molecular flexibility index (Phi) is 3.69. The molecule has 0 saturated heterocycles. The van der Waals surface area contributed by atoms with Crippen molar-refractivity contribution in [3.05, 3.63) is 40.7 Å². The molecule has 1 amide bonds. The summed E-state index contributed by atoms with van der Waals surface area (Å²) in [6.07, 6.45) is 2.01. The molecule has 0 aliphatic carbocycles. The highest BCUT2D eigenvalue weighted by atomic mass is 32.2. The highest BCUT2D eigenvalue weighted by molar-refractivity contribution is 7.98. The van der Waals surface area contributed by atoms with Crippen LogP contribution in [0, 0.1) is 13.8 Å². The van der Waals surface area contributed by atoms with Gasteiger partial charge in [0.05, 0.1) is 0 Å². The predicted molar refractivity (Wildman–Crippen MR) is 86.5 cm³/mol. The molecule has 1 N–H and O–H groups in total. The summed E-state index contributed by atoms with van der Waals surface area (Å²) in [5, 5.41) is 11.0. The lowest BCUT2D eigenvalue weighted by atomic mass is 10.3. The van der Waals surface area contributed by atoms with Gasteiger partial charge in [0.25, 0.3) is 5.91 Å². The standard InChI is InChI=1S/C14H14N4OS2/c1-8-12(21-14-17-16-9(2)18(8)14)13(19)15-10-5-4-6-11(7-10)20-3/h4-7H,1-3H3,(H,15,19). The van der Waals surface area contributed by atoms with Gasteiger partial charge in [-0.15, -0.1) is 22.0 Å². The van der Waals surface area contributed by atoms with Crippen molar-refractivity contribution < 1.29 is 4.79 Å². The Balaban J connectivity index is 1.91. The lowest BCUT2D eigenvalue weighted by Crippen LogP contribution is -2.12. The van der Waals surface area contributed by atoms with E-state index in [1.807, 2.05) is 48.8 Å². The van der Waals surface area contributed by atoms with Crippen molar-refractivity contribution in [3.8, 4) is 0 Å². The van der Waals surface area contributed by atoms with Gasteiger partial charge >= 0.3 is 0 Å². The number of thiazole rings is 1. The van der Waals surface area contributed by atoms with Crippen molar-refractivity contribution in [2.75, 3.05) is 11.6 Å². The number of thioether (sulfide) groups is 1. The van der Waals surface area contributed by atoms with Crippen molar-refractivity contribution in [2.45, 2.75) is 18.7 Å². The molecule has 0 fully saturated rings. The largest absolute Gasteiger partial charge is 0.321 e. The fourth-order valence-corrected chi connectivity index (χ4v) is 3.63. The molecule has 0 spiro atoms. The van der Waals surface area contributed by atoms with E-state index in [0.717, 1.165) is 27.1 Å². The summed E-state index contributed by atoms with van der Waals surface area (Å²) < 4.78 is 1.90. The zero-order valence-electron chi connectivity index (χ0n) is 11.9. The molecule has 7 heteroatoms. The molecule has 0 aliphatic rings. The van der Waals surface area contributed by atoms with E-state index in [-0.39, 0.29) is 5.91 Å². The molecule has 0 bridgehead atoms. The summed E-state index contributed by atoms with van der Waals surface area (Å²) in [5.74, 6) is 0.683. The number of nitrogens with zero attached hydrogens (tertiary/aromatic N) is 3. The highest BCUT2D eigenvalue weighted by Gasteiger charge is 2.18. The van der Waals surface area contributed by atoms with Gasteiger partial charge < -0.3 is 5.32 Å². The number of nitrogens with one attached hydrogen (secondary N) is 1. The van der Waals surface area contributed by atoms with Gasteiger partial charge in [0.2, 0.25) is 4.96 Å². The topological polar surface area (TPSA) is 59.3 Å². The average molecular weight is 318 g/mol. The van der Waals surface area contributed by atoms with Crippen LogP contribution in [0.25, 0.3) is 4.96 Å². The third-order valence-electron chi connectivity index (χ3n) is 3.19. The third kappa shape index (κ3) is 2.54. The number of aromatic nitrogens is 3. The van der Waals surface area contributed by atoms with Crippen molar-refractivity contribution in [2.24, 2.45) is 0 Å². The molecular weight excluding hydrogens is 304 g/mol. The minimum atomic E-state index is -0.111. The van der Waals surface area contributed by atoms with E-state index < -0.39 is 0 Å². The molecular formula is C14H14N4OS2. The fraction of sp³-hybridized carbons (Fsp3) is 0.214. The Morgan fingerprint density at radius 1 is 1.33 bits per heavy atom. The Morgan fingerprint density at radius 2 is 2.14 bits per heavy atom. The first kappa shape index (κ1) is 14.1. The zero-order chi connectivity index (χ0) is 15.0. The van der Waals surface area contributed by atoms with Crippen LogP contribution >= 0.6 is 23.1 Å². The minimum absolute atomic E-state index is 0.111. The van der Waals surface area contributed by atoms with E-state index in [2.05, 4.69) is 15.5 Å². The molecule has 0 radical (unpaired) electrons. The van der Waals surface area contributed by atoms with Crippen LogP contribution in [-0.2, 0) is 0 Å². The molecule has 0 aliphatic heterocycles. The third-order valence-corrected chi connectivity index (χ3v) is 5.04. The lowest BCUT2D eigenvalue weighted by Gasteiger charge is -2.06. The van der Waals surface area contributed by atoms with Crippen molar-refractivity contribution in [3.63, 3.8) is 0 Å². The molecule has 2 heterocycles. The summed E-state index contributed by atoms with van der Waals surface area (Å²) in [6, 6.07) is 7.80. The Morgan fingerprint density at radius 3 is 2.86 bits per heavy atom. The smallest absolute Gasteiger partial charge is 0.267 e. The number of hydrogen-bond donors (Lipinski definition) is 1. The maximum atomic E-state index is 12.4. The maximum absolute atomic E-state index is 12.4. The van der Waals surface area contributed by atoms with Crippen LogP contribution < -0.4 is 5.32 Å². The van der Waals surface area contributed by atoms with Crippen LogP contribution in [0.4, 0.5) is 5.69 Å². The minimum Gasteiger partial charge on any atom is -0.321 e. The van der Waals surface area contributed by atoms with E-state index in [1.54, 1.807) is 11.8 Å². The monoisotopic (exact) mass is 318 g/mol. The summed E-state index contributed by atoms with van der Waals surface area (Å²) in [6.45, 7) is 3.79. The molecule has 0 unspecified atom stereocenters. The van der Waals surface area contributed by atoms with Crippen LogP contribution in [0.5, 0.6) is 0 Å². The van der Waals surface area contributed by atoms with Crippen LogP contribution in [0.2, 0.25) is 0 Å². The number of carbonyl (C=O) groups is 1. The molecule has 3 rings (SSSR count). The van der Waals surface area contributed by atoms with E-state index in [1.165, 1.54) is 11.3 Å². The Hall–Kier alpha value is -1.86. The Labute approximate surface area is 130 Å². The SMILES string of the molecule is CSc1cccc(NC(=O)c2sc3nnc(C)n3c2C)c1. The number of aryl methyl sites for hydroxylation is 2. The van der Waals surface area contributed by atoms with Gasteiger partial charge in [0, 0.05) is 16.3 Å². The van der Waals surface area contributed by atoms with E-state index in [9.17, 15) is 4.79 Å². The quantitative estimate of drug-likeness (QED) is 0.752. The summed E-state index contributed by atoms with van der Waals surface area (Å²) in [7, 11) is 0. The number of fused-ring (bicyclic) bond motifs is 1. The number of hydrogen-bond acceptors (Lipinski definition) is 5. The van der Waals surface area contributed by atoms with Gasteiger partial charge in [-0.1, -0.05) is 17.4 Å². The van der Waals surface area contributed by atoms with Crippen molar-refractivity contribution in [1.29, 1.82) is 0 Å². The average Bonchev–Trinajstić information content (AvgIpc) is 3.00. The van der Waals surface area contributed by atoms with E-state index in [0.29, 0.717) is 4.88 Å². The fourth-order valence-electron chi connectivity index (χ4n) is 2.16. The number of amides is 1. The second kappa shape index (κ2) is 5.50. The van der Waals surface area contributed by atoms with Crippen LogP contribution in [0.3, 0.4) is 0 Å². The first-order valence-electron chi connectivity index (χ1n) is 6.36. The normalized spacial score (nSPS) is 11.0. The molecule has 5 nitrogen and oxygen atoms in total. The predicted octanol–water partition coefficient (Wildman–Crippen LogP) is 3.38. The van der Waals surface area contributed by atoms with Crippen LogP contribution in [0.1, 0.15) is 21.2 Å². The van der Waals surface area contributed by atoms with Crippen LogP contribution in [-0.4, -0.2) is 26.8 Å². The van der Waals surface area contributed by atoms with Gasteiger partial charge in [-0.2, -0.15) is 0 Å². The molecule has 2 aromatic heterocycles. The Bertz CT molecular complexity index is 822. The first-order valence-corrected chi connectivity index (χ1v) is 8.41. The van der Waals surface area contributed by atoms with Gasteiger partial charge in [-0.25, -0.2) is 0 Å². The second-order valence-electron chi connectivity index (χ2n) is 4.57. The highest BCUT2D eigenvalue weighted by Crippen LogP contribution is 2.25. The van der Waals surface area contributed by atoms with E-state index >= 15 is 0 Å². The van der Waals surface area contributed by atoms with Gasteiger partial charge in [-0.05, 0) is 38.3 Å². The molecule has 1 aromatic carbocycles. The maximum Gasteiger partial charge on any atom is 0.267 e. The molecule has 0 saturated carbocycles. The molecule has 21 heavy (non-hydrogen) atoms. The summed E-state index contributed by atoms with van der Waals surface area (Å²) >= 11 is 3.00. The zero-order valence-corrected chi connectivity index (χ0v) is 13.5.